The highest BCUT2D eigenvalue weighted by Gasteiger charge is 2.46. The van der Waals surface area contributed by atoms with E-state index in [1.807, 2.05) is 15.8 Å². The van der Waals surface area contributed by atoms with E-state index in [1.165, 1.54) is 0 Å². The topological polar surface area (TPSA) is 0 Å². The number of hydrogen-bond acceptors (Lipinski definition) is 0. The van der Waals surface area contributed by atoms with Crippen LogP contribution < -0.4 is 16.4 Å². The maximum absolute atomic E-state index is 14.6. The second-order valence-corrected chi connectivity index (χ2v) is 8.08. The first-order valence-electron chi connectivity index (χ1n) is 8.42. The fourth-order valence-corrected chi connectivity index (χ4v) is 4.55. The second-order valence-electron chi connectivity index (χ2n) is 6.71. The minimum atomic E-state index is -5.60. The summed E-state index contributed by atoms with van der Waals surface area (Å²) < 4.78 is 211. The third-order valence-corrected chi connectivity index (χ3v) is 6.30. The molecular weight excluding hydrogens is 592 g/mol. The van der Waals surface area contributed by atoms with Gasteiger partial charge < -0.3 is 15.8 Å². The van der Waals surface area contributed by atoms with Crippen LogP contribution in [0.3, 0.4) is 0 Å². The fraction of sp³-hybridized carbons (Fsp3) is 0. The van der Waals surface area contributed by atoms with Gasteiger partial charge in [0, 0.05) is 0 Å². The molecule has 0 bridgehead atoms. The number of rotatable bonds is 3. The average Bonchev–Trinajstić information content (AvgIpc) is 2.81. The summed E-state index contributed by atoms with van der Waals surface area (Å²) in [7, 11) is 0. The van der Waals surface area contributed by atoms with Crippen molar-refractivity contribution in [2.24, 2.45) is 0 Å². The highest BCUT2D eigenvalue weighted by Crippen LogP contribution is 2.30. The standard InChI is InChI=1S/C18BBrF15/c20-19(1-4(21)10(27)16(33)11(28)5(1)22,2-6(23)12(29)17(34)13(30)7(2)24)3-8(25)14(31)18(35)15(32)9(3)26/q-1. The zero-order chi connectivity index (χ0) is 26.9. The highest BCUT2D eigenvalue weighted by molar-refractivity contribution is 9.27. The molecule has 3 aromatic rings. The van der Waals surface area contributed by atoms with E-state index in [-0.39, 0.29) is 0 Å². The van der Waals surface area contributed by atoms with Crippen LogP contribution in [0.15, 0.2) is 0 Å². The fourth-order valence-electron chi connectivity index (χ4n) is 3.35. The molecule has 0 aliphatic heterocycles. The lowest BCUT2D eigenvalue weighted by molar-refractivity contribution is 0.380. The quantitative estimate of drug-likeness (QED) is 0.171. The van der Waals surface area contributed by atoms with Crippen molar-refractivity contribution in [2.75, 3.05) is 0 Å². The largest absolute Gasteiger partial charge is 0.336 e. The van der Waals surface area contributed by atoms with E-state index in [4.69, 9.17) is 0 Å². The molecule has 0 aliphatic rings. The third-order valence-electron chi connectivity index (χ3n) is 4.92. The zero-order valence-electron chi connectivity index (χ0n) is 15.6. The molecule has 0 radical (unpaired) electrons. The van der Waals surface area contributed by atoms with E-state index in [0.29, 0.717) is 0 Å². The molecule has 0 spiro atoms. The van der Waals surface area contributed by atoms with E-state index in [0.717, 1.165) is 0 Å². The van der Waals surface area contributed by atoms with Gasteiger partial charge >= 0.3 is 0 Å². The summed E-state index contributed by atoms with van der Waals surface area (Å²) in [5.41, 5.74) is -8.14. The normalized spacial score (nSPS) is 12.0. The molecule has 0 N–H and O–H groups in total. The van der Waals surface area contributed by atoms with Gasteiger partial charge in [0.15, 0.2) is 57.3 Å². The molecule has 0 saturated heterocycles. The number of hydrogen-bond donors (Lipinski definition) is 0. The van der Waals surface area contributed by atoms with Gasteiger partial charge in [-0.15, -0.1) is 16.4 Å². The van der Waals surface area contributed by atoms with Crippen molar-refractivity contribution in [1.29, 1.82) is 0 Å². The van der Waals surface area contributed by atoms with Crippen molar-refractivity contribution in [1.82, 2.24) is 0 Å². The smallest absolute Gasteiger partial charge is 0.200 e. The van der Waals surface area contributed by atoms with E-state index >= 15 is 0 Å². The minimum absolute atomic E-state index is 1.85. The van der Waals surface area contributed by atoms with Gasteiger partial charge in [0.05, 0.1) is 0 Å². The first kappa shape index (κ1) is 26.8. The lowest BCUT2D eigenvalue weighted by Gasteiger charge is -2.39. The molecule has 0 nitrogen and oxygen atoms in total. The Hall–Kier alpha value is -2.85. The predicted octanol–water partition coefficient (Wildman–Crippen LogP) is 5.13. The Morgan fingerprint density at radius 3 is 0.514 bits per heavy atom. The summed E-state index contributed by atoms with van der Waals surface area (Å²) in [6, 6.07) is 0. The van der Waals surface area contributed by atoms with E-state index < -0.39 is 109 Å². The van der Waals surface area contributed by atoms with Gasteiger partial charge in [-0.1, -0.05) is 0 Å². The SMILES string of the molecule is Fc1c(F)c(F)c([B-](Br)(c2c(F)c(F)c(F)c(F)c2F)c2c(F)c(F)c(F)c(F)c2F)c(F)c1F. The van der Waals surface area contributed by atoms with Crippen LogP contribution in [0.2, 0.25) is 0 Å². The molecule has 0 unspecified atom stereocenters. The van der Waals surface area contributed by atoms with Crippen molar-refractivity contribution in [2.45, 2.75) is 0 Å². The number of halogens is 16. The molecule has 0 aliphatic carbocycles. The van der Waals surface area contributed by atoms with Gasteiger partial charge in [-0.2, -0.15) is 0 Å². The molecule has 0 saturated carbocycles. The Morgan fingerprint density at radius 1 is 0.257 bits per heavy atom. The van der Waals surface area contributed by atoms with E-state index in [9.17, 15) is 65.9 Å². The lowest BCUT2D eigenvalue weighted by atomic mass is 9.35. The monoisotopic (exact) mass is 591 g/mol. The van der Waals surface area contributed by atoms with Crippen molar-refractivity contribution in [3.05, 3.63) is 87.3 Å². The predicted molar refractivity (Wildman–Crippen MR) is 92.3 cm³/mol. The van der Waals surface area contributed by atoms with Crippen LogP contribution in [0.4, 0.5) is 65.9 Å². The maximum Gasteiger partial charge on any atom is 0.200 e. The van der Waals surface area contributed by atoms with Crippen LogP contribution in [0, 0.1) is 87.3 Å². The zero-order valence-corrected chi connectivity index (χ0v) is 17.2. The maximum atomic E-state index is 14.6. The molecule has 188 valence electrons. The van der Waals surface area contributed by atoms with E-state index in [2.05, 4.69) is 0 Å². The van der Waals surface area contributed by atoms with Crippen LogP contribution in [0.5, 0.6) is 0 Å². The Bertz CT molecular complexity index is 1170. The van der Waals surface area contributed by atoms with E-state index in [1.54, 1.807) is 0 Å². The molecule has 0 aromatic heterocycles. The summed E-state index contributed by atoms with van der Waals surface area (Å²) in [5, 5.41) is 0. The Labute approximate surface area is 190 Å². The molecule has 3 aromatic carbocycles. The van der Waals surface area contributed by atoms with Crippen molar-refractivity contribution in [3.8, 4) is 0 Å². The minimum Gasteiger partial charge on any atom is -0.336 e. The third kappa shape index (κ3) is 3.49. The van der Waals surface area contributed by atoms with Crippen LogP contribution in [-0.2, 0) is 0 Å². The van der Waals surface area contributed by atoms with Crippen LogP contribution in [0.25, 0.3) is 0 Å². The summed E-state index contributed by atoms with van der Waals surface area (Å²) in [5.74, 6) is -45.6. The van der Waals surface area contributed by atoms with Crippen molar-refractivity contribution >= 4 is 37.1 Å². The lowest BCUT2D eigenvalue weighted by Crippen LogP contribution is -2.69. The molecule has 17 heteroatoms. The summed E-state index contributed by atoms with van der Waals surface area (Å²) in [4.78, 5) is -5.60. The molecule has 35 heavy (non-hydrogen) atoms. The second kappa shape index (κ2) is 8.67. The summed E-state index contributed by atoms with van der Waals surface area (Å²) >= 11 is 1.85. The van der Waals surface area contributed by atoms with Gasteiger partial charge in [-0.25, -0.2) is 65.9 Å². The van der Waals surface area contributed by atoms with Gasteiger partial charge in [0.25, 0.3) is 0 Å². The van der Waals surface area contributed by atoms with Crippen LogP contribution >= 0.6 is 15.8 Å². The van der Waals surface area contributed by atoms with Gasteiger partial charge in [-0.3, -0.25) is 0 Å². The summed E-state index contributed by atoms with van der Waals surface area (Å²) in [6.07, 6.45) is 0. The Balaban J connectivity index is 2.78. The first-order chi connectivity index (χ1) is 16.0. The van der Waals surface area contributed by atoms with Gasteiger partial charge in [-0.05, 0) is 0 Å². The average molecular weight is 592 g/mol. The molecule has 0 atom stereocenters. The first-order valence-corrected chi connectivity index (χ1v) is 9.33. The van der Waals surface area contributed by atoms with Gasteiger partial charge in [0.1, 0.15) is 34.9 Å². The van der Waals surface area contributed by atoms with Crippen LogP contribution in [0.1, 0.15) is 0 Å². The molecule has 3 rings (SSSR count). The molecular formula is C18BBrF15-. The van der Waals surface area contributed by atoms with Crippen molar-refractivity contribution < 1.29 is 65.9 Å². The van der Waals surface area contributed by atoms with Gasteiger partial charge in [0.2, 0.25) is 0 Å². The Morgan fingerprint density at radius 2 is 0.371 bits per heavy atom. The van der Waals surface area contributed by atoms with Crippen molar-refractivity contribution in [3.63, 3.8) is 0 Å². The summed E-state index contributed by atoms with van der Waals surface area (Å²) in [6.45, 7) is 0. The molecule has 0 amide bonds. The molecule has 0 fully saturated rings. The van der Waals surface area contributed by atoms with Crippen LogP contribution in [-0.4, -0.2) is 4.97 Å². The Kier molecular flexibility index (Phi) is 6.63. The highest BCUT2D eigenvalue weighted by atomic mass is 79.9. The number of benzene rings is 3. The molecule has 0 heterocycles.